The van der Waals surface area contributed by atoms with Crippen LogP contribution < -0.4 is 0 Å². The number of amides is 2. The van der Waals surface area contributed by atoms with Gasteiger partial charge in [-0.3, -0.25) is 14.3 Å². The summed E-state index contributed by atoms with van der Waals surface area (Å²) in [5.74, 6) is -0.0163. The third-order valence-electron chi connectivity index (χ3n) is 6.18. The molecule has 0 spiro atoms. The summed E-state index contributed by atoms with van der Waals surface area (Å²) in [4.78, 5) is 29.0. The van der Waals surface area contributed by atoms with Gasteiger partial charge in [-0.15, -0.1) is 0 Å². The van der Waals surface area contributed by atoms with Crippen LogP contribution in [-0.2, 0) is 11.3 Å². The molecule has 0 bridgehead atoms. The Morgan fingerprint density at radius 2 is 1.52 bits per heavy atom. The van der Waals surface area contributed by atoms with E-state index in [2.05, 4.69) is 36.3 Å². The van der Waals surface area contributed by atoms with Crippen molar-refractivity contribution in [1.29, 1.82) is 0 Å². The molecule has 0 aliphatic carbocycles. The number of aryl methyl sites for hydroxylation is 2. The molecular weight excluding hydrogens is 412 g/mol. The highest BCUT2D eigenvalue weighted by atomic mass is 16.2. The largest absolute Gasteiger partial charge is 0.336 e. The number of rotatable bonds is 5. The van der Waals surface area contributed by atoms with Gasteiger partial charge in [-0.25, -0.2) is 0 Å². The van der Waals surface area contributed by atoms with Gasteiger partial charge in [0.2, 0.25) is 5.91 Å². The molecule has 3 aromatic rings. The van der Waals surface area contributed by atoms with Crippen LogP contribution in [0.15, 0.2) is 60.7 Å². The van der Waals surface area contributed by atoms with Crippen molar-refractivity contribution in [2.45, 2.75) is 27.3 Å². The van der Waals surface area contributed by atoms with Crippen LogP contribution in [0, 0.1) is 20.8 Å². The van der Waals surface area contributed by atoms with Crippen LogP contribution in [0.3, 0.4) is 0 Å². The molecule has 0 N–H and O–H groups in total. The van der Waals surface area contributed by atoms with E-state index in [-0.39, 0.29) is 11.8 Å². The first-order chi connectivity index (χ1) is 15.9. The molecule has 0 radical (unpaired) electrons. The van der Waals surface area contributed by atoms with Crippen molar-refractivity contribution in [1.82, 2.24) is 19.6 Å². The Hall–Kier alpha value is -3.67. The summed E-state index contributed by atoms with van der Waals surface area (Å²) in [6.45, 7) is 8.93. The van der Waals surface area contributed by atoms with E-state index in [0.29, 0.717) is 38.3 Å². The van der Waals surface area contributed by atoms with Gasteiger partial charge in [-0.1, -0.05) is 48.0 Å². The maximum absolute atomic E-state index is 12.8. The van der Waals surface area contributed by atoms with Gasteiger partial charge in [0, 0.05) is 49.1 Å². The number of nitrogens with zero attached hydrogens (tertiary/aromatic N) is 4. The monoisotopic (exact) mass is 442 g/mol. The van der Waals surface area contributed by atoms with Crippen LogP contribution in [-0.4, -0.2) is 57.6 Å². The maximum atomic E-state index is 12.8. The average molecular weight is 443 g/mol. The van der Waals surface area contributed by atoms with Gasteiger partial charge in [0.25, 0.3) is 5.91 Å². The molecule has 2 aromatic carbocycles. The lowest BCUT2D eigenvalue weighted by atomic mass is 10.1. The minimum Gasteiger partial charge on any atom is -0.336 e. The molecule has 6 nitrogen and oxygen atoms in total. The van der Waals surface area contributed by atoms with Crippen molar-refractivity contribution in [3.8, 4) is 0 Å². The van der Waals surface area contributed by atoms with Gasteiger partial charge in [0.15, 0.2) is 0 Å². The van der Waals surface area contributed by atoms with Gasteiger partial charge < -0.3 is 9.80 Å². The van der Waals surface area contributed by atoms with Crippen molar-refractivity contribution < 1.29 is 9.59 Å². The lowest BCUT2D eigenvalue weighted by molar-refractivity contribution is -0.127. The number of piperazine rings is 1. The van der Waals surface area contributed by atoms with Crippen LogP contribution in [0.4, 0.5) is 0 Å². The molecular formula is C27H30N4O2. The molecule has 1 saturated heterocycles. The van der Waals surface area contributed by atoms with Gasteiger partial charge in [0.05, 0.1) is 12.2 Å². The van der Waals surface area contributed by atoms with E-state index in [1.54, 1.807) is 11.0 Å². The molecule has 0 unspecified atom stereocenters. The predicted molar refractivity (Wildman–Crippen MR) is 130 cm³/mol. The van der Waals surface area contributed by atoms with Crippen molar-refractivity contribution in [3.63, 3.8) is 0 Å². The summed E-state index contributed by atoms with van der Waals surface area (Å²) in [5, 5.41) is 4.67. The number of benzene rings is 2. The highest BCUT2D eigenvalue weighted by molar-refractivity contribution is 5.95. The summed E-state index contributed by atoms with van der Waals surface area (Å²) in [6, 6.07) is 17.7. The Bertz CT molecular complexity index is 1150. The normalized spacial score (nSPS) is 14.2. The fourth-order valence-electron chi connectivity index (χ4n) is 4.13. The van der Waals surface area contributed by atoms with Crippen molar-refractivity contribution >= 4 is 17.9 Å². The minimum atomic E-state index is -0.0353. The molecule has 1 aliphatic rings. The number of aromatic nitrogens is 2. The van der Waals surface area contributed by atoms with Crippen molar-refractivity contribution in [3.05, 3.63) is 94.3 Å². The predicted octanol–water partition coefficient (Wildman–Crippen LogP) is 3.85. The second kappa shape index (κ2) is 9.86. The van der Waals surface area contributed by atoms with E-state index in [1.165, 1.54) is 11.1 Å². The number of carbonyl (C=O) groups excluding carboxylic acids is 2. The van der Waals surface area contributed by atoms with Crippen LogP contribution in [0.5, 0.6) is 0 Å². The first kappa shape index (κ1) is 22.5. The first-order valence-corrected chi connectivity index (χ1v) is 11.3. The molecule has 1 fully saturated rings. The summed E-state index contributed by atoms with van der Waals surface area (Å²) >= 11 is 0. The fraction of sp³-hybridized carbons (Fsp3) is 0.296. The van der Waals surface area contributed by atoms with Crippen LogP contribution >= 0.6 is 0 Å². The van der Waals surface area contributed by atoms with E-state index in [0.717, 1.165) is 17.0 Å². The number of carbonyl (C=O) groups is 2. The summed E-state index contributed by atoms with van der Waals surface area (Å²) in [5.41, 5.74) is 6.04. The fourth-order valence-corrected chi connectivity index (χ4v) is 4.13. The SMILES string of the molecule is Cc1ccc(Cn2nc(C)c(/C=C/C(=O)N3CCN(C(=O)c4ccccc4)CC3)c2C)cc1. The average Bonchev–Trinajstić information content (AvgIpc) is 3.11. The Morgan fingerprint density at radius 3 is 2.18 bits per heavy atom. The molecule has 0 saturated carbocycles. The zero-order valence-corrected chi connectivity index (χ0v) is 19.5. The van der Waals surface area contributed by atoms with Crippen LogP contribution in [0.25, 0.3) is 6.08 Å². The molecule has 0 atom stereocenters. The third kappa shape index (κ3) is 5.22. The molecule has 2 heterocycles. The lowest BCUT2D eigenvalue weighted by Gasteiger charge is -2.34. The Labute approximate surface area is 195 Å². The highest BCUT2D eigenvalue weighted by Crippen LogP contribution is 2.17. The molecule has 1 aromatic heterocycles. The third-order valence-corrected chi connectivity index (χ3v) is 6.18. The Morgan fingerprint density at radius 1 is 0.879 bits per heavy atom. The Balaban J connectivity index is 1.36. The van der Waals surface area contributed by atoms with Gasteiger partial charge in [-0.05, 0) is 44.5 Å². The van der Waals surface area contributed by atoms with E-state index < -0.39 is 0 Å². The standard InChI is InChI=1S/C27H30N4O2/c1-20-9-11-23(12-10-20)19-31-22(3)25(21(2)28-31)13-14-26(32)29-15-17-30(18-16-29)27(33)24-7-5-4-6-8-24/h4-14H,15-19H2,1-3H3/b14-13+. The zero-order chi connectivity index (χ0) is 23.4. The smallest absolute Gasteiger partial charge is 0.253 e. The topological polar surface area (TPSA) is 58.4 Å². The van der Waals surface area contributed by atoms with Gasteiger partial charge in [0.1, 0.15) is 0 Å². The van der Waals surface area contributed by atoms with Crippen LogP contribution in [0.1, 0.15) is 38.4 Å². The second-order valence-electron chi connectivity index (χ2n) is 8.54. The summed E-state index contributed by atoms with van der Waals surface area (Å²) in [7, 11) is 0. The van der Waals surface area contributed by atoms with E-state index >= 15 is 0 Å². The van der Waals surface area contributed by atoms with E-state index in [4.69, 9.17) is 0 Å². The molecule has 33 heavy (non-hydrogen) atoms. The maximum Gasteiger partial charge on any atom is 0.253 e. The van der Waals surface area contributed by atoms with E-state index in [1.807, 2.05) is 59.8 Å². The molecule has 170 valence electrons. The molecule has 6 heteroatoms. The Kier molecular flexibility index (Phi) is 6.73. The lowest BCUT2D eigenvalue weighted by Crippen LogP contribution is -2.50. The molecule has 1 aliphatic heterocycles. The first-order valence-electron chi connectivity index (χ1n) is 11.3. The second-order valence-corrected chi connectivity index (χ2v) is 8.54. The van der Waals surface area contributed by atoms with Crippen LogP contribution in [0.2, 0.25) is 0 Å². The highest BCUT2D eigenvalue weighted by Gasteiger charge is 2.24. The van der Waals surface area contributed by atoms with Gasteiger partial charge >= 0.3 is 0 Å². The van der Waals surface area contributed by atoms with E-state index in [9.17, 15) is 9.59 Å². The molecule has 2 amide bonds. The summed E-state index contributed by atoms with van der Waals surface area (Å²) < 4.78 is 1.98. The van der Waals surface area contributed by atoms with Gasteiger partial charge in [-0.2, -0.15) is 5.10 Å². The van der Waals surface area contributed by atoms with Crippen molar-refractivity contribution in [2.24, 2.45) is 0 Å². The van der Waals surface area contributed by atoms with Crippen molar-refractivity contribution in [2.75, 3.05) is 26.2 Å². The minimum absolute atomic E-state index is 0.0190. The number of hydrogen-bond donors (Lipinski definition) is 0. The number of hydrogen-bond acceptors (Lipinski definition) is 3. The summed E-state index contributed by atoms with van der Waals surface area (Å²) in [6.07, 6.45) is 3.50. The quantitative estimate of drug-likeness (QED) is 0.564. The zero-order valence-electron chi connectivity index (χ0n) is 19.5. The molecule has 4 rings (SSSR count).